The molecular weight excluding hydrogens is 304 g/mol. The van der Waals surface area contributed by atoms with Crippen LogP contribution in [0.3, 0.4) is 0 Å². The van der Waals surface area contributed by atoms with Gasteiger partial charge < -0.3 is 20.5 Å². The van der Waals surface area contributed by atoms with E-state index in [9.17, 15) is 9.90 Å². The fourth-order valence-electron chi connectivity index (χ4n) is 2.51. The second kappa shape index (κ2) is 6.18. The monoisotopic (exact) mass is 320 g/mol. The molecule has 2 aromatic heterocycles. The first-order valence-electron chi connectivity index (χ1n) is 6.97. The smallest absolute Gasteiger partial charge is 0.332 e. The van der Waals surface area contributed by atoms with Crippen LogP contribution < -0.4 is 11.2 Å². The van der Waals surface area contributed by atoms with Gasteiger partial charge in [-0.05, 0) is 6.42 Å². The van der Waals surface area contributed by atoms with E-state index in [4.69, 9.17) is 15.7 Å². The quantitative estimate of drug-likeness (QED) is 0.424. The molecule has 0 spiro atoms. The van der Waals surface area contributed by atoms with Crippen LogP contribution in [0.2, 0.25) is 0 Å². The van der Waals surface area contributed by atoms with Gasteiger partial charge in [-0.2, -0.15) is 9.97 Å². The van der Waals surface area contributed by atoms with E-state index >= 15 is 0 Å². The Bertz CT molecular complexity index is 758. The topological polar surface area (TPSA) is 148 Å². The third-order valence-electron chi connectivity index (χ3n) is 3.54. The Morgan fingerprint density at radius 2 is 2.30 bits per heavy atom. The minimum atomic E-state index is -1.12. The van der Waals surface area contributed by atoms with Gasteiger partial charge in [0.15, 0.2) is 23.6 Å². The number of aliphatic hydroxyl groups excluding tert-OH is 1. The highest BCUT2D eigenvalue weighted by molar-refractivity contribution is 5.84. The number of nitrogens with two attached hydrogens (primary N) is 1. The number of nitrogens with zero attached hydrogens (tertiary/aromatic N) is 4. The molecule has 23 heavy (non-hydrogen) atoms. The number of hydrogen-bond acceptors (Lipinski definition) is 8. The molecule has 0 radical (unpaired) electrons. The van der Waals surface area contributed by atoms with Crippen molar-refractivity contribution in [2.75, 3.05) is 24.4 Å². The Kier molecular flexibility index (Phi) is 4.08. The summed E-state index contributed by atoms with van der Waals surface area (Å²) >= 11 is 0. The van der Waals surface area contributed by atoms with Crippen LogP contribution in [0.5, 0.6) is 0 Å². The van der Waals surface area contributed by atoms with E-state index in [2.05, 4.69) is 20.4 Å². The lowest BCUT2D eigenvalue weighted by atomic mass is 10.1. The fraction of sp³-hybridized carbons (Fsp3) is 0.385. The first-order chi connectivity index (χ1) is 11.1. The van der Waals surface area contributed by atoms with Crippen LogP contribution in [-0.4, -0.2) is 48.9 Å². The molecule has 3 rings (SSSR count). The highest BCUT2D eigenvalue weighted by Gasteiger charge is 2.23. The van der Waals surface area contributed by atoms with Crippen molar-refractivity contribution in [3.8, 4) is 0 Å². The zero-order chi connectivity index (χ0) is 16.4. The number of carboxylic acids is 1. The maximum absolute atomic E-state index is 10.5. The van der Waals surface area contributed by atoms with Gasteiger partial charge in [-0.25, -0.2) is 15.3 Å². The van der Waals surface area contributed by atoms with Gasteiger partial charge in [0.2, 0.25) is 5.95 Å². The SMILES string of the molecule is Nc1nc(NOCC(=O)O)c2ncn([C@H]3C=C[C@@H](CO)C3)c2n1. The van der Waals surface area contributed by atoms with Crippen LogP contribution in [-0.2, 0) is 9.63 Å². The molecule has 2 aromatic rings. The molecular formula is C13H16N6O4. The predicted octanol–water partition coefficient (Wildman–Crippen LogP) is -0.0539. The summed E-state index contributed by atoms with van der Waals surface area (Å²) < 4.78 is 1.84. The average Bonchev–Trinajstić information content (AvgIpc) is 3.12. The maximum atomic E-state index is 10.5. The number of fused-ring (bicyclic) bond motifs is 1. The lowest BCUT2D eigenvalue weighted by Gasteiger charge is -2.13. The predicted molar refractivity (Wildman–Crippen MR) is 80.3 cm³/mol. The molecule has 10 nitrogen and oxygen atoms in total. The number of aliphatic carboxylic acids is 1. The summed E-state index contributed by atoms with van der Waals surface area (Å²) in [6.45, 7) is -0.442. The highest BCUT2D eigenvalue weighted by atomic mass is 16.7. The van der Waals surface area contributed by atoms with E-state index in [0.717, 1.165) is 6.42 Å². The number of imidazole rings is 1. The zero-order valence-electron chi connectivity index (χ0n) is 12.1. The minimum absolute atomic E-state index is 0.0132. The van der Waals surface area contributed by atoms with E-state index in [1.165, 1.54) is 0 Å². The van der Waals surface area contributed by atoms with Crippen molar-refractivity contribution < 1.29 is 19.8 Å². The van der Waals surface area contributed by atoms with Crippen molar-refractivity contribution in [3.05, 3.63) is 18.5 Å². The van der Waals surface area contributed by atoms with Crippen molar-refractivity contribution in [3.63, 3.8) is 0 Å². The van der Waals surface area contributed by atoms with Crippen LogP contribution in [0.1, 0.15) is 12.5 Å². The molecule has 0 unspecified atom stereocenters. The van der Waals surface area contributed by atoms with Crippen molar-refractivity contribution in [2.45, 2.75) is 12.5 Å². The lowest BCUT2D eigenvalue weighted by molar-refractivity contribution is -0.141. The van der Waals surface area contributed by atoms with Gasteiger partial charge in [0.25, 0.3) is 0 Å². The summed E-state index contributed by atoms with van der Waals surface area (Å²) in [5, 5.41) is 17.8. The summed E-state index contributed by atoms with van der Waals surface area (Å²) in [4.78, 5) is 27.7. The number of carbonyl (C=O) groups is 1. The second-order valence-electron chi connectivity index (χ2n) is 5.17. The van der Waals surface area contributed by atoms with Gasteiger partial charge in [0, 0.05) is 12.5 Å². The van der Waals surface area contributed by atoms with E-state index in [0.29, 0.717) is 11.2 Å². The van der Waals surface area contributed by atoms with Crippen LogP contribution >= 0.6 is 0 Å². The van der Waals surface area contributed by atoms with Gasteiger partial charge in [-0.15, -0.1) is 0 Å². The van der Waals surface area contributed by atoms with Gasteiger partial charge in [0.1, 0.15) is 0 Å². The Morgan fingerprint density at radius 3 is 3.00 bits per heavy atom. The molecule has 2 atom stereocenters. The number of hydrogen-bond donors (Lipinski definition) is 4. The number of allylic oxidation sites excluding steroid dienone is 1. The molecule has 0 aliphatic heterocycles. The Morgan fingerprint density at radius 1 is 1.48 bits per heavy atom. The third-order valence-corrected chi connectivity index (χ3v) is 3.54. The molecule has 0 bridgehead atoms. The first kappa shape index (κ1) is 15.2. The maximum Gasteiger partial charge on any atom is 0.332 e. The molecule has 0 saturated heterocycles. The molecule has 0 amide bonds. The van der Waals surface area contributed by atoms with Crippen LogP contribution in [0.4, 0.5) is 11.8 Å². The Hall–Kier alpha value is -2.72. The normalized spacial score (nSPS) is 20.2. The van der Waals surface area contributed by atoms with E-state index in [1.54, 1.807) is 6.33 Å². The van der Waals surface area contributed by atoms with E-state index < -0.39 is 12.6 Å². The van der Waals surface area contributed by atoms with Crippen LogP contribution in [0.15, 0.2) is 18.5 Å². The Labute approximate surface area is 130 Å². The van der Waals surface area contributed by atoms with Gasteiger partial charge in [-0.3, -0.25) is 4.84 Å². The average molecular weight is 320 g/mol. The number of anilines is 2. The number of rotatable bonds is 6. The number of carboxylic acid groups (broad SMARTS) is 1. The fourth-order valence-corrected chi connectivity index (χ4v) is 2.51. The molecule has 5 N–H and O–H groups in total. The highest BCUT2D eigenvalue weighted by Crippen LogP contribution is 2.31. The van der Waals surface area contributed by atoms with Gasteiger partial charge >= 0.3 is 5.97 Å². The standard InChI is InChI=1S/C13H16N6O4/c14-13-16-11(18-23-5-9(21)22)10-12(17-13)19(6-15-10)8-2-1-7(3-8)4-20/h1-2,6-8,20H,3-5H2,(H,21,22)(H3,14,16,17,18)/t7-,8+/m1/s1. The summed E-state index contributed by atoms with van der Waals surface area (Å²) in [7, 11) is 0. The van der Waals surface area contributed by atoms with Crippen molar-refractivity contribution in [1.82, 2.24) is 19.5 Å². The van der Waals surface area contributed by atoms with Crippen molar-refractivity contribution in [2.24, 2.45) is 5.92 Å². The van der Waals surface area contributed by atoms with Crippen LogP contribution in [0, 0.1) is 5.92 Å². The summed E-state index contributed by atoms with van der Waals surface area (Å²) in [5.41, 5.74) is 9.07. The molecule has 1 aliphatic carbocycles. The molecule has 2 heterocycles. The number of aliphatic hydroxyl groups is 1. The molecule has 0 saturated carbocycles. The summed E-state index contributed by atoms with van der Waals surface area (Å²) in [6.07, 6.45) is 6.28. The first-order valence-corrected chi connectivity index (χ1v) is 6.97. The molecule has 0 aromatic carbocycles. The minimum Gasteiger partial charge on any atom is -0.479 e. The van der Waals surface area contributed by atoms with E-state index in [-0.39, 0.29) is 30.3 Å². The summed E-state index contributed by atoms with van der Waals surface area (Å²) in [5.74, 6) is -0.796. The molecule has 1 aliphatic rings. The molecule has 0 fully saturated rings. The number of aromatic nitrogens is 4. The summed E-state index contributed by atoms with van der Waals surface area (Å²) in [6, 6.07) is 0.0132. The second-order valence-corrected chi connectivity index (χ2v) is 5.17. The number of nitrogens with one attached hydrogen (secondary N) is 1. The van der Waals surface area contributed by atoms with Crippen molar-refractivity contribution >= 4 is 28.9 Å². The Balaban J connectivity index is 1.89. The van der Waals surface area contributed by atoms with Gasteiger partial charge in [0.05, 0.1) is 12.4 Å². The lowest BCUT2D eigenvalue weighted by Crippen LogP contribution is -2.13. The zero-order valence-corrected chi connectivity index (χ0v) is 12.1. The van der Waals surface area contributed by atoms with E-state index in [1.807, 2.05) is 16.7 Å². The number of nitrogen functional groups attached to an aromatic ring is 1. The van der Waals surface area contributed by atoms with Gasteiger partial charge in [-0.1, -0.05) is 12.2 Å². The largest absolute Gasteiger partial charge is 0.479 e. The molecule has 122 valence electrons. The molecule has 10 heteroatoms. The third kappa shape index (κ3) is 3.07. The van der Waals surface area contributed by atoms with Crippen LogP contribution in [0.25, 0.3) is 11.2 Å². The van der Waals surface area contributed by atoms with Crippen molar-refractivity contribution in [1.29, 1.82) is 0 Å².